The summed E-state index contributed by atoms with van der Waals surface area (Å²) >= 11 is 0. The summed E-state index contributed by atoms with van der Waals surface area (Å²) in [5.74, 6) is 0. The molecule has 2 rings (SSSR count). The minimum Gasteiger partial charge on any atom is -0.0533 e. The Labute approximate surface area is 39.6 Å². The van der Waals surface area contributed by atoms with Crippen molar-refractivity contribution in [3.63, 3.8) is 0 Å². The number of hydrogen-bond acceptors (Lipinski definition) is 0. The third-order valence-electron chi connectivity index (χ3n) is 0.707. The molecule has 0 aromatic heterocycles. The summed E-state index contributed by atoms with van der Waals surface area (Å²) in [7, 11) is 0. The molecule has 2 saturated carbocycles. The fraction of sp³-hybridized carbons (Fsp3) is 1.00. The Morgan fingerprint density at radius 1 is 0.333 bits per heavy atom. The molecule has 0 aliphatic heterocycles. The lowest BCUT2D eigenvalue weighted by Crippen LogP contribution is -0.856. The summed E-state index contributed by atoms with van der Waals surface area (Å²) in [6, 6.07) is 0. The summed E-state index contributed by atoms with van der Waals surface area (Å²) in [4.78, 5) is 0. The molecule has 2 aliphatic carbocycles. The second kappa shape index (κ2) is 2.22. The van der Waals surface area contributed by atoms with Gasteiger partial charge in [0, 0.05) is 0 Å². The molecule has 0 heterocycles. The van der Waals surface area contributed by atoms with Gasteiger partial charge in [-0.05, 0) is 0 Å². The quantitative estimate of drug-likeness (QED) is 0.422. The summed E-state index contributed by atoms with van der Waals surface area (Å²) in [5, 5.41) is 0. The van der Waals surface area contributed by atoms with Gasteiger partial charge in [0.2, 0.25) is 0 Å². The third kappa shape index (κ3) is 9.00. The number of hydrogen-bond donors (Lipinski definition) is 0. The Hall–Kier alpha value is 0. The summed E-state index contributed by atoms with van der Waals surface area (Å²) in [6.07, 6.45) is 9.00. The maximum atomic E-state index is 1.50. The Bertz CT molecular complexity index is 15.5. The molecular formula is C6H12. The molecule has 0 aromatic carbocycles. The highest BCUT2D eigenvalue weighted by Gasteiger charge is 1.95. The van der Waals surface area contributed by atoms with Gasteiger partial charge in [-0.3, -0.25) is 0 Å². The van der Waals surface area contributed by atoms with Crippen molar-refractivity contribution in [3.8, 4) is 0 Å². The zero-order chi connectivity index (χ0) is 4.24. The molecule has 6 heavy (non-hydrogen) atoms. The van der Waals surface area contributed by atoms with E-state index in [-0.39, 0.29) is 0 Å². The molecule has 0 N–H and O–H groups in total. The van der Waals surface area contributed by atoms with Crippen molar-refractivity contribution in [2.45, 2.75) is 38.5 Å². The van der Waals surface area contributed by atoms with Crippen molar-refractivity contribution in [1.82, 2.24) is 0 Å². The van der Waals surface area contributed by atoms with E-state index in [2.05, 4.69) is 0 Å². The highest BCUT2D eigenvalue weighted by atomic mass is 14.0. The maximum absolute atomic E-state index is 1.50. The van der Waals surface area contributed by atoms with Gasteiger partial charge in [-0.2, -0.15) is 0 Å². The normalized spacial score (nSPS) is 24.0. The molecule has 2 aliphatic rings. The fourth-order valence-electron chi connectivity index (χ4n) is 0. The first kappa shape index (κ1) is 4.17. The predicted octanol–water partition coefficient (Wildman–Crippen LogP) is 2.34. The van der Waals surface area contributed by atoms with Crippen molar-refractivity contribution >= 4 is 0 Å². The zero-order valence-electron chi connectivity index (χ0n) is 4.24. The first-order valence-corrected chi connectivity index (χ1v) is 3.00. The monoisotopic (exact) mass is 84.1 g/mol. The average Bonchev–Trinajstić information content (AvgIpc) is 2.31. The SMILES string of the molecule is C1CC1.C1CC1. The second-order valence-electron chi connectivity index (χ2n) is 2.12. The van der Waals surface area contributed by atoms with Gasteiger partial charge in [0.15, 0.2) is 0 Å². The van der Waals surface area contributed by atoms with Gasteiger partial charge in [0.05, 0.1) is 0 Å². The molecule has 0 bridgehead atoms. The van der Waals surface area contributed by atoms with E-state index in [4.69, 9.17) is 0 Å². The highest BCUT2D eigenvalue weighted by Crippen LogP contribution is 2.15. The van der Waals surface area contributed by atoms with E-state index >= 15 is 0 Å². The molecule has 0 saturated heterocycles. The van der Waals surface area contributed by atoms with Crippen LogP contribution in [0.1, 0.15) is 38.5 Å². The van der Waals surface area contributed by atoms with E-state index in [1.54, 1.807) is 0 Å². The molecule has 0 spiro atoms. The van der Waals surface area contributed by atoms with Crippen LogP contribution in [0.5, 0.6) is 0 Å². The van der Waals surface area contributed by atoms with Gasteiger partial charge in [-0.15, -0.1) is 0 Å². The van der Waals surface area contributed by atoms with E-state index < -0.39 is 0 Å². The largest absolute Gasteiger partial charge is 0.0533 e. The van der Waals surface area contributed by atoms with E-state index in [1.807, 2.05) is 0 Å². The van der Waals surface area contributed by atoms with E-state index in [1.165, 1.54) is 38.5 Å². The van der Waals surface area contributed by atoms with Gasteiger partial charge < -0.3 is 0 Å². The Morgan fingerprint density at radius 3 is 0.500 bits per heavy atom. The molecule has 36 valence electrons. The highest BCUT2D eigenvalue weighted by molar-refractivity contribution is 4.51. The first-order chi connectivity index (χ1) is 3.00. The zero-order valence-corrected chi connectivity index (χ0v) is 4.24. The first-order valence-electron chi connectivity index (χ1n) is 3.00. The molecule has 0 heteroatoms. The molecule has 0 amide bonds. The van der Waals surface area contributed by atoms with Crippen LogP contribution < -0.4 is 0 Å². The van der Waals surface area contributed by atoms with E-state index in [9.17, 15) is 0 Å². The van der Waals surface area contributed by atoms with Crippen molar-refractivity contribution in [2.24, 2.45) is 0 Å². The lowest BCUT2D eigenvalue weighted by Gasteiger charge is -1.05. The van der Waals surface area contributed by atoms with Crippen LogP contribution in [0.3, 0.4) is 0 Å². The summed E-state index contributed by atoms with van der Waals surface area (Å²) in [5.41, 5.74) is 0. The Kier molecular flexibility index (Phi) is 1.54. The van der Waals surface area contributed by atoms with Gasteiger partial charge in [-0.1, -0.05) is 38.5 Å². The predicted molar refractivity (Wildman–Crippen MR) is 27.7 cm³/mol. The number of rotatable bonds is 0. The Balaban J connectivity index is 0.0000000600. The van der Waals surface area contributed by atoms with Crippen LogP contribution in [0, 0.1) is 0 Å². The van der Waals surface area contributed by atoms with Crippen molar-refractivity contribution in [1.29, 1.82) is 0 Å². The summed E-state index contributed by atoms with van der Waals surface area (Å²) < 4.78 is 0. The molecule has 0 atom stereocenters. The third-order valence-corrected chi connectivity index (χ3v) is 0.707. The van der Waals surface area contributed by atoms with Crippen molar-refractivity contribution < 1.29 is 0 Å². The molecule has 2 fully saturated rings. The van der Waals surface area contributed by atoms with Crippen LogP contribution in [-0.2, 0) is 0 Å². The lowest BCUT2D eigenvalue weighted by atomic mass is 11.0. The van der Waals surface area contributed by atoms with Gasteiger partial charge in [-0.25, -0.2) is 0 Å². The van der Waals surface area contributed by atoms with Crippen LogP contribution in [0.4, 0.5) is 0 Å². The van der Waals surface area contributed by atoms with E-state index in [0.29, 0.717) is 0 Å². The summed E-state index contributed by atoms with van der Waals surface area (Å²) in [6.45, 7) is 0. The second-order valence-corrected chi connectivity index (χ2v) is 2.12. The van der Waals surface area contributed by atoms with E-state index in [0.717, 1.165) is 0 Å². The Morgan fingerprint density at radius 2 is 0.500 bits per heavy atom. The minimum atomic E-state index is 1.50. The van der Waals surface area contributed by atoms with Crippen LogP contribution in [0.2, 0.25) is 0 Å². The fourth-order valence-corrected chi connectivity index (χ4v) is 0. The van der Waals surface area contributed by atoms with Crippen molar-refractivity contribution in [3.05, 3.63) is 0 Å². The maximum Gasteiger partial charge on any atom is -0.0533 e. The van der Waals surface area contributed by atoms with Crippen molar-refractivity contribution in [2.75, 3.05) is 0 Å². The van der Waals surface area contributed by atoms with Gasteiger partial charge in [0.25, 0.3) is 0 Å². The molecule has 0 radical (unpaired) electrons. The molecule has 0 unspecified atom stereocenters. The van der Waals surface area contributed by atoms with Crippen LogP contribution >= 0.6 is 0 Å². The average molecular weight is 84.2 g/mol. The molecule has 0 nitrogen and oxygen atoms in total. The lowest BCUT2D eigenvalue weighted by molar-refractivity contribution is 1.50. The van der Waals surface area contributed by atoms with Crippen LogP contribution in [-0.4, -0.2) is 0 Å². The van der Waals surface area contributed by atoms with Crippen LogP contribution in [0.15, 0.2) is 0 Å². The smallest absolute Gasteiger partial charge is 0.0533 e. The topological polar surface area (TPSA) is 0 Å². The van der Waals surface area contributed by atoms with Gasteiger partial charge in [0.1, 0.15) is 0 Å². The standard InChI is InChI=1S/2C3H6/c2*1-2-3-1/h2*1-3H2. The minimum absolute atomic E-state index is 1.50. The van der Waals surface area contributed by atoms with Crippen LogP contribution in [0.25, 0.3) is 0 Å². The molecular weight excluding hydrogens is 72.1 g/mol. The molecule has 0 aromatic rings. The van der Waals surface area contributed by atoms with Gasteiger partial charge >= 0.3 is 0 Å².